The molecule has 0 aliphatic heterocycles. The summed E-state index contributed by atoms with van der Waals surface area (Å²) in [6.07, 6.45) is 3.53. The third-order valence-electron chi connectivity index (χ3n) is 2.94. The average molecular weight is 254 g/mol. The molecule has 0 atom stereocenters. The van der Waals surface area contributed by atoms with Crippen LogP contribution in [0.2, 0.25) is 0 Å². The highest BCUT2D eigenvalue weighted by molar-refractivity contribution is 5.93. The second-order valence-electron chi connectivity index (χ2n) is 4.53. The molecular weight excluding hydrogens is 236 g/mol. The molecular formula is C16H18N2O. The lowest BCUT2D eigenvalue weighted by molar-refractivity contribution is 0.0953. The lowest BCUT2D eigenvalue weighted by Crippen LogP contribution is -2.24. The molecule has 0 radical (unpaired) electrons. The molecule has 1 aromatic carbocycles. The molecule has 3 heteroatoms. The fourth-order valence-electron chi connectivity index (χ4n) is 1.84. The van der Waals surface area contributed by atoms with Gasteiger partial charge in [-0.15, -0.1) is 0 Å². The first kappa shape index (κ1) is 13.3. The van der Waals surface area contributed by atoms with Crippen molar-refractivity contribution < 1.29 is 4.79 Å². The van der Waals surface area contributed by atoms with Gasteiger partial charge in [0.05, 0.1) is 5.56 Å². The average Bonchev–Trinajstić information content (AvgIpc) is 2.45. The summed E-state index contributed by atoms with van der Waals surface area (Å²) in [5.41, 5.74) is 2.83. The van der Waals surface area contributed by atoms with Crippen LogP contribution in [0.1, 0.15) is 28.0 Å². The van der Waals surface area contributed by atoms with E-state index >= 15 is 0 Å². The fraction of sp³-hybridized carbons (Fsp3) is 0.250. The van der Waals surface area contributed by atoms with Crippen LogP contribution in [-0.4, -0.2) is 17.4 Å². The zero-order valence-electron chi connectivity index (χ0n) is 11.1. The Kier molecular flexibility index (Phi) is 4.67. The minimum Gasteiger partial charge on any atom is -0.352 e. The number of pyridine rings is 1. The predicted octanol–water partition coefficient (Wildman–Crippen LogP) is 2.75. The first-order chi connectivity index (χ1) is 9.25. The van der Waals surface area contributed by atoms with Gasteiger partial charge in [-0.1, -0.05) is 30.3 Å². The van der Waals surface area contributed by atoms with Crippen LogP contribution < -0.4 is 5.32 Å². The number of nitrogens with one attached hydrogen (secondary N) is 1. The first-order valence-corrected chi connectivity index (χ1v) is 6.50. The number of amides is 1. The van der Waals surface area contributed by atoms with Crippen molar-refractivity contribution in [1.82, 2.24) is 10.3 Å². The van der Waals surface area contributed by atoms with E-state index in [-0.39, 0.29) is 5.91 Å². The molecule has 98 valence electrons. The Morgan fingerprint density at radius 2 is 1.95 bits per heavy atom. The maximum Gasteiger partial charge on any atom is 0.252 e. The van der Waals surface area contributed by atoms with Crippen LogP contribution in [0.15, 0.2) is 48.7 Å². The molecule has 0 fully saturated rings. The summed E-state index contributed by atoms with van der Waals surface area (Å²) < 4.78 is 0. The molecule has 1 N–H and O–H groups in total. The van der Waals surface area contributed by atoms with Crippen molar-refractivity contribution in [3.63, 3.8) is 0 Å². The van der Waals surface area contributed by atoms with E-state index in [2.05, 4.69) is 22.4 Å². The molecule has 0 unspecified atom stereocenters. The third-order valence-corrected chi connectivity index (χ3v) is 2.94. The van der Waals surface area contributed by atoms with Crippen molar-refractivity contribution in [2.45, 2.75) is 19.8 Å². The Bertz CT molecular complexity index is 520. The van der Waals surface area contributed by atoms with Crippen molar-refractivity contribution in [2.24, 2.45) is 0 Å². The Morgan fingerprint density at radius 1 is 1.16 bits per heavy atom. The van der Waals surface area contributed by atoms with Crippen molar-refractivity contribution in [2.75, 3.05) is 6.54 Å². The van der Waals surface area contributed by atoms with E-state index in [0.29, 0.717) is 12.1 Å². The van der Waals surface area contributed by atoms with Crippen LogP contribution in [0, 0.1) is 6.92 Å². The molecule has 0 bridgehead atoms. The normalized spacial score (nSPS) is 10.2. The zero-order chi connectivity index (χ0) is 13.5. The van der Waals surface area contributed by atoms with Crippen LogP contribution >= 0.6 is 0 Å². The number of hydrogen-bond acceptors (Lipinski definition) is 2. The van der Waals surface area contributed by atoms with Gasteiger partial charge in [-0.25, -0.2) is 0 Å². The molecule has 0 aliphatic rings. The molecule has 0 saturated carbocycles. The van der Waals surface area contributed by atoms with Crippen molar-refractivity contribution in [1.29, 1.82) is 0 Å². The summed E-state index contributed by atoms with van der Waals surface area (Å²) >= 11 is 0. The molecule has 1 amide bonds. The molecule has 19 heavy (non-hydrogen) atoms. The predicted molar refractivity (Wildman–Crippen MR) is 76.1 cm³/mol. The van der Waals surface area contributed by atoms with Gasteiger partial charge in [0, 0.05) is 18.4 Å². The summed E-state index contributed by atoms with van der Waals surface area (Å²) in [5.74, 6) is -0.0550. The standard InChI is InChI=1S/C16H18N2O/c1-13-9-10-15(12-18-13)16(19)17-11-5-8-14-6-3-2-4-7-14/h2-4,6-7,9-10,12H,5,8,11H2,1H3,(H,17,19). The van der Waals surface area contributed by atoms with Gasteiger partial charge >= 0.3 is 0 Å². The highest BCUT2D eigenvalue weighted by atomic mass is 16.1. The van der Waals surface area contributed by atoms with Gasteiger partial charge in [-0.2, -0.15) is 0 Å². The monoisotopic (exact) mass is 254 g/mol. The number of carbonyl (C=O) groups is 1. The molecule has 1 aromatic heterocycles. The fourth-order valence-corrected chi connectivity index (χ4v) is 1.84. The van der Waals surface area contributed by atoms with E-state index in [0.717, 1.165) is 18.5 Å². The van der Waals surface area contributed by atoms with E-state index in [9.17, 15) is 4.79 Å². The number of benzene rings is 1. The van der Waals surface area contributed by atoms with Crippen LogP contribution in [0.4, 0.5) is 0 Å². The quantitative estimate of drug-likeness (QED) is 0.834. The SMILES string of the molecule is Cc1ccc(C(=O)NCCCc2ccccc2)cn1. The Morgan fingerprint density at radius 3 is 2.63 bits per heavy atom. The Labute approximate surface area is 113 Å². The van der Waals surface area contributed by atoms with E-state index < -0.39 is 0 Å². The van der Waals surface area contributed by atoms with E-state index in [1.165, 1.54) is 5.56 Å². The largest absolute Gasteiger partial charge is 0.352 e. The summed E-state index contributed by atoms with van der Waals surface area (Å²) in [4.78, 5) is 15.9. The topological polar surface area (TPSA) is 42.0 Å². The number of hydrogen-bond donors (Lipinski definition) is 1. The lowest BCUT2D eigenvalue weighted by atomic mass is 10.1. The van der Waals surface area contributed by atoms with Gasteiger partial charge < -0.3 is 5.32 Å². The van der Waals surface area contributed by atoms with Crippen LogP contribution in [0.25, 0.3) is 0 Å². The van der Waals surface area contributed by atoms with E-state index in [1.807, 2.05) is 31.2 Å². The maximum atomic E-state index is 11.8. The second-order valence-corrected chi connectivity index (χ2v) is 4.53. The lowest BCUT2D eigenvalue weighted by Gasteiger charge is -2.05. The van der Waals surface area contributed by atoms with Gasteiger partial charge in [-0.3, -0.25) is 9.78 Å². The first-order valence-electron chi connectivity index (χ1n) is 6.50. The van der Waals surface area contributed by atoms with Gasteiger partial charge in [0.2, 0.25) is 0 Å². The van der Waals surface area contributed by atoms with E-state index in [4.69, 9.17) is 0 Å². The second kappa shape index (κ2) is 6.69. The Balaban J connectivity index is 1.74. The highest BCUT2D eigenvalue weighted by Gasteiger charge is 2.04. The molecule has 2 rings (SSSR count). The smallest absolute Gasteiger partial charge is 0.252 e. The highest BCUT2D eigenvalue weighted by Crippen LogP contribution is 2.02. The molecule has 3 nitrogen and oxygen atoms in total. The number of rotatable bonds is 5. The third kappa shape index (κ3) is 4.21. The van der Waals surface area contributed by atoms with Gasteiger partial charge in [0.25, 0.3) is 5.91 Å². The van der Waals surface area contributed by atoms with Crippen LogP contribution in [0.5, 0.6) is 0 Å². The van der Waals surface area contributed by atoms with Gasteiger partial charge in [-0.05, 0) is 37.5 Å². The molecule has 1 heterocycles. The summed E-state index contributed by atoms with van der Waals surface area (Å²) in [7, 11) is 0. The summed E-state index contributed by atoms with van der Waals surface area (Å²) in [5, 5.41) is 2.91. The minimum absolute atomic E-state index is 0.0550. The van der Waals surface area contributed by atoms with Crippen molar-refractivity contribution in [3.05, 3.63) is 65.5 Å². The van der Waals surface area contributed by atoms with Crippen LogP contribution in [0.3, 0.4) is 0 Å². The number of aromatic nitrogens is 1. The minimum atomic E-state index is -0.0550. The number of carbonyl (C=O) groups excluding carboxylic acids is 1. The zero-order valence-corrected chi connectivity index (χ0v) is 11.1. The summed E-state index contributed by atoms with van der Waals surface area (Å²) in [6, 6.07) is 13.9. The van der Waals surface area contributed by atoms with Gasteiger partial charge in [0.1, 0.15) is 0 Å². The number of nitrogens with zero attached hydrogens (tertiary/aromatic N) is 1. The maximum absolute atomic E-state index is 11.8. The van der Waals surface area contributed by atoms with Crippen molar-refractivity contribution >= 4 is 5.91 Å². The van der Waals surface area contributed by atoms with Gasteiger partial charge in [0.15, 0.2) is 0 Å². The molecule has 2 aromatic rings. The number of aryl methyl sites for hydroxylation is 2. The van der Waals surface area contributed by atoms with Crippen LogP contribution in [-0.2, 0) is 6.42 Å². The van der Waals surface area contributed by atoms with E-state index in [1.54, 1.807) is 12.3 Å². The summed E-state index contributed by atoms with van der Waals surface area (Å²) in [6.45, 7) is 2.59. The molecule has 0 saturated heterocycles. The molecule has 0 aliphatic carbocycles. The van der Waals surface area contributed by atoms with Crippen molar-refractivity contribution in [3.8, 4) is 0 Å². The molecule has 0 spiro atoms. The Hall–Kier alpha value is -2.16.